The van der Waals surface area contributed by atoms with Crippen LogP contribution in [0.25, 0.3) is 11.0 Å². The maximum atomic E-state index is 12.7. The molecule has 0 spiro atoms. The van der Waals surface area contributed by atoms with Crippen LogP contribution in [0.3, 0.4) is 0 Å². The molecule has 0 aliphatic carbocycles. The van der Waals surface area contributed by atoms with Crippen molar-refractivity contribution < 1.29 is 4.79 Å². The van der Waals surface area contributed by atoms with Gasteiger partial charge in [-0.1, -0.05) is 6.92 Å². The summed E-state index contributed by atoms with van der Waals surface area (Å²) < 4.78 is 0. The number of H-pyrrole nitrogens is 1. The zero-order chi connectivity index (χ0) is 14.7. The molecule has 4 rings (SSSR count). The number of fused-ring (bicyclic) bond motifs is 2. The number of rotatable bonds is 0. The Kier molecular flexibility index (Phi) is 2.39. The number of nitrogens with two attached hydrogens (primary N) is 1. The molecule has 8 nitrogen and oxygen atoms in total. The van der Waals surface area contributed by atoms with E-state index in [1.807, 2.05) is 0 Å². The number of amides is 1. The molecule has 0 aromatic carbocycles. The van der Waals surface area contributed by atoms with Crippen LogP contribution in [0.2, 0.25) is 0 Å². The number of piperidine rings is 1. The van der Waals surface area contributed by atoms with Crippen LogP contribution in [-0.4, -0.2) is 45.7 Å². The zero-order valence-electron chi connectivity index (χ0n) is 12.0. The lowest BCUT2D eigenvalue weighted by molar-refractivity contribution is -0.120. The molecule has 0 bridgehead atoms. The molecular formula is C13H17N7O. The van der Waals surface area contributed by atoms with E-state index in [1.165, 1.54) is 0 Å². The Labute approximate surface area is 121 Å². The summed E-state index contributed by atoms with van der Waals surface area (Å²) in [6, 6.07) is -0.196. The van der Waals surface area contributed by atoms with Gasteiger partial charge in [0.25, 0.3) is 5.91 Å². The van der Waals surface area contributed by atoms with E-state index in [9.17, 15) is 4.79 Å². The van der Waals surface area contributed by atoms with Crippen molar-refractivity contribution >= 4 is 34.5 Å². The maximum absolute atomic E-state index is 12.7. The van der Waals surface area contributed by atoms with Crippen molar-refractivity contribution in [3.8, 4) is 0 Å². The second kappa shape index (κ2) is 4.06. The monoisotopic (exact) mass is 287 g/mol. The van der Waals surface area contributed by atoms with E-state index >= 15 is 0 Å². The lowest BCUT2D eigenvalue weighted by Crippen LogP contribution is -2.51. The highest BCUT2D eigenvalue weighted by Gasteiger charge is 2.40. The molecule has 0 saturated carbocycles. The number of aromatic amines is 1. The second-order valence-corrected chi connectivity index (χ2v) is 5.92. The highest BCUT2D eigenvalue weighted by atomic mass is 16.2. The summed E-state index contributed by atoms with van der Waals surface area (Å²) in [5.41, 5.74) is 6.39. The van der Waals surface area contributed by atoms with E-state index < -0.39 is 0 Å². The van der Waals surface area contributed by atoms with Crippen LogP contribution in [0.5, 0.6) is 0 Å². The summed E-state index contributed by atoms with van der Waals surface area (Å²) in [5.74, 6) is 2.05. The largest absolute Gasteiger partial charge is 0.368 e. The van der Waals surface area contributed by atoms with E-state index in [0.717, 1.165) is 30.6 Å². The number of nitrogen functional groups attached to an aromatic ring is 1. The van der Waals surface area contributed by atoms with Gasteiger partial charge in [0.2, 0.25) is 5.95 Å². The van der Waals surface area contributed by atoms with Crippen LogP contribution in [-0.2, 0) is 4.79 Å². The molecule has 1 fully saturated rings. The first-order valence-corrected chi connectivity index (χ1v) is 7.12. The van der Waals surface area contributed by atoms with E-state index in [0.29, 0.717) is 17.4 Å². The molecule has 4 heterocycles. The van der Waals surface area contributed by atoms with Gasteiger partial charge in [0.05, 0.1) is 0 Å². The Balaban J connectivity index is 2.01. The van der Waals surface area contributed by atoms with Gasteiger partial charge < -0.3 is 10.6 Å². The van der Waals surface area contributed by atoms with E-state index in [4.69, 9.17) is 5.73 Å². The van der Waals surface area contributed by atoms with E-state index in [-0.39, 0.29) is 17.9 Å². The highest BCUT2D eigenvalue weighted by Crippen LogP contribution is 2.39. The van der Waals surface area contributed by atoms with Crippen LogP contribution in [0, 0.1) is 5.92 Å². The average molecular weight is 287 g/mol. The number of carbonyl (C=O) groups excluding carboxylic acids is 1. The van der Waals surface area contributed by atoms with Crippen LogP contribution in [0.15, 0.2) is 0 Å². The number of nitrogens with one attached hydrogen (secondary N) is 1. The summed E-state index contributed by atoms with van der Waals surface area (Å²) >= 11 is 0. The van der Waals surface area contributed by atoms with Gasteiger partial charge in [-0.3, -0.25) is 14.8 Å². The SMILES string of the molecule is CC1CCC2C(=O)N(C)c3n[nH]c4nc(N)nc(c34)N2C1. The summed E-state index contributed by atoms with van der Waals surface area (Å²) in [7, 11) is 1.75. The molecule has 110 valence electrons. The smallest absolute Gasteiger partial charge is 0.250 e. The van der Waals surface area contributed by atoms with E-state index in [1.54, 1.807) is 11.9 Å². The number of aromatic nitrogens is 4. The Morgan fingerprint density at radius 3 is 2.90 bits per heavy atom. The van der Waals surface area contributed by atoms with Crippen molar-refractivity contribution in [1.82, 2.24) is 20.2 Å². The third-order valence-corrected chi connectivity index (χ3v) is 4.42. The minimum Gasteiger partial charge on any atom is -0.368 e. The molecule has 2 unspecified atom stereocenters. The maximum Gasteiger partial charge on any atom is 0.250 e. The first kappa shape index (κ1) is 12.4. The summed E-state index contributed by atoms with van der Waals surface area (Å²) in [6.45, 7) is 2.98. The van der Waals surface area contributed by atoms with Gasteiger partial charge in [-0.15, -0.1) is 0 Å². The first-order valence-electron chi connectivity index (χ1n) is 7.12. The quantitative estimate of drug-likeness (QED) is 0.732. The third-order valence-electron chi connectivity index (χ3n) is 4.42. The zero-order valence-corrected chi connectivity index (χ0v) is 12.0. The van der Waals surface area contributed by atoms with Crippen molar-refractivity contribution in [1.29, 1.82) is 0 Å². The Hall–Kier alpha value is -2.38. The fourth-order valence-corrected chi connectivity index (χ4v) is 3.34. The van der Waals surface area contributed by atoms with Gasteiger partial charge >= 0.3 is 0 Å². The fraction of sp³-hybridized carbons (Fsp3) is 0.538. The predicted molar refractivity (Wildman–Crippen MR) is 79.0 cm³/mol. The molecule has 21 heavy (non-hydrogen) atoms. The van der Waals surface area contributed by atoms with Gasteiger partial charge in [-0.2, -0.15) is 15.1 Å². The molecule has 3 N–H and O–H groups in total. The molecule has 2 aliphatic rings. The molecule has 1 saturated heterocycles. The van der Waals surface area contributed by atoms with E-state index in [2.05, 4.69) is 32.0 Å². The third kappa shape index (κ3) is 1.61. The Morgan fingerprint density at radius 2 is 2.10 bits per heavy atom. The first-order chi connectivity index (χ1) is 10.1. The molecule has 2 aliphatic heterocycles. The molecule has 8 heteroatoms. The number of hydrogen-bond donors (Lipinski definition) is 2. The molecule has 2 atom stereocenters. The summed E-state index contributed by atoms with van der Waals surface area (Å²) in [5, 5.41) is 7.85. The number of likely N-dealkylation sites (N-methyl/N-ethyl adjacent to an activating group) is 1. The van der Waals surface area contributed by atoms with Crippen molar-refractivity contribution in [2.75, 3.05) is 29.1 Å². The van der Waals surface area contributed by atoms with Crippen molar-refractivity contribution in [3.05, 3.63) is 0 Å². The summed E-state index contributed by atoms with van der Waals surface area (Å²) in [6.07, 6.45) is 1.86. The average Bonchev–Trinajstić information content (AvgIpc) is 2.85. The fourth-order valence-electron chi connectivity index (χ4n) is 3.34. The lowest BCUT2D eigenvalue weighted by atomic mass is 9.93. The predicted octanol–water partition coefficient (Wildman–Crippen LogP) is 0.516. The Bertz CT molecular complexity index is 739. The van der Waals surface area contributed by atoms with Gasteiger partial charge in [-0.25, -0.2) is 0 Å². The van der Waals surface area contributed by atoms with Gasteiger partial charge in [0, 0.05) is 13.6 Å². The van der Waals surface area contributed by atoms with Gasteiger partial charge in [-0.05, 0) is 18.8 Å². The van der Waals surface area contributed by atoms with Gasteiger partial charge in [0.15, 0.2) is 11.5 Å². The van der Waals surface area contributed by atoms with Crippen LogP contribution in [0.4, 0.5) is 17.6 Å². The minimum atomic E-state index is -0.196. The van der Waals surface area contributed by atoms with Crippen molar-refractivity contribution in [2.24, 2.45) is 5.92 Å². The van der Waals surface area contributed by atoms with Crippen molar-refractivity contribution in [2.45, 2.75) is 25.8 Å². The topological polar surface area (TPSA) is 104 Å². The summed E-state index contributed by atoms with van der Waals surface area (Å²) in [4.78, 5) is 25.0. The number of hydrogen-bond acceptors (Lipinski definition) is 6. The van der Waals surface area contributed by atoms with Crippen molar-refractivity contribution in [3.63, 3.8) is 0 Å². The van der Waals surface area contributed by atoms with Crippen LogP contribution in [0.1, 0.15) is 19.8 Å². The molecule has 2 aromatic rings. The standard InChI is InChI=1S/C13H17N7O/c1-6-3-4-7-12(21)19(2)11-8-9(17-18-11)15-13(14)16-10(8)20(7)5-6/h6-7H,3-5H2,1-2H3,(H3,14,15,16,17,18). The Morgan fingerprint density at radius 1 is 1.29 bits per heavy atom. The number of nitrogens with zero attached hydrogens (tertiary/aromatic N) is 5. The van der Waals surface area contributed by atoms with Crippen LogP contribution < -0.4 is 15.5 Å². The molecule has 0 radical (unpaired) electrons. The highest BCUT2D eigenvalue weighted by molar-refractivity contribution is 6.10. The normalized spacial score (nSPS) is 25.1. The minimum absolute atomic E-state index is 0.0480. The molecule has 1 amide bonds. The number of carbonyl (C=O) groups is 1. The molecule has 2 aromatic heterocycles. The second-order valence-electron chi connectivity index (χ2n) is 5.92. The lowest BCUT2D eigenvalue weighted by Gasteiger charge is -2.38. The number of anilines is 3. The van der Waals surface area contributed by atoms with Crippen LogP contribution >= 0.6 is 0 Å². The van der Waals surface area contributed by atoms with Gasteiger partial charge in [0.1, 0.15) is 17.2 Å². The molecular weight excluding hydrogens is 270 g/mol.